The molecule has 1 aromatic heterocycles. The number of fused-ring (bicyclic) bond motifs is 1. The van der Waals surface area contributed by atoms with Crippen LogP contribution in [0.4, 0.5) is 4.39 Å². The van der Waals surface area contributed by atoms with Gasteiger partial charge in [0.2, 0.25) is 0 Å². The smallest absolute Gasteiger partial charge is 0.307 e. The first-order chi connectivity index (χ1) is 8.66. The van der Waals surface area contributed by atoms with Crippen LogP contribution in [0.5, 0.6) is 0 Å². The van der Waals surface area contributed by atoms with Crippen LogP contribution in [0.1, 0.15) is 12.5 Å². The lowest BCUT2D eigenvalue weighted by molar-refractivity contribution is 0.519. The number of nitrogens with one attached hydrogen (secondary N) is 1. The number of aromatic amines is 1. The molecule has 4 nitrogen and oxygen atoms in total. The van der Waals surface area contributed by atoms with Crippen molar-refractivity contribution < 1.29 is 4.39 Å². The Kier molecular flexibility index (Phi) is 2.74. The van der Waals surface area contributed by atoms with Crippen molar-refractivity contribution in [1.29, 1.82) is 0 Å². The molecule has 6 heteroatoms. The monoisotopic (exact) mass is 266 g/mol. The highest BCUT2D eigenvalue weighted by molar-refractivity contribution is 7.99. The topological polar surface area (TPSA) is 54.9 Å². The molecule has 1 aliphatic rings. The van der Waals surface area contributed by atoms with E-state index >= 15 is 0 Å². The van der Waals surface area contributed by atoms with Crippen molar-refractivity contribution in [2.24, 2.45) is 0 Å². The number of hydrogen-bond acceptors (Lipinski definition) is 3. The number of H-pyrrole nitrogens is 1. The third-order valence-corrected chi connectivity index (χ3v) is 4.31. The SMILES string of the molecule is O=c1[nH]c2ccc(F)cc2c(=O)n1C1CCSC1. The first kappa shape index (κ1) is 11.5. The van der Waals surface area contributed by atoms with Crippen LogP contribution in [0, 0.1) is 5.82 Å². The molecule has 1 aliphatic heterocycles. The van der Waals surface area contributed by atoms with Gasteiger partial charge in [0.15, 0.2) is 0 Å². The van der Waals surface area contributed by atoms with Crippen LogP contribution in [0.2, 0.25) is 0 Å². The van der Waals surface area contributed by atoms with Gasteiger partial charge in [0.05, 0.1) is 16.9 Å². The van der Waals surface area contributed by atoms with Gasteiger partial charge in [-0.3, -0.25) is 9.36 Å². The molecule has 1 unspecified atom stereocenters. The van der Waals surface area contributed by atoms with E-state index in [0.717, 1.165) is 17.9 Å². The van der Waals surface area contributed by atoms with Gasteiger partial charge in [-0.15, -0.1) is 0 Å². The molecule has 0 amide bonds. The Balaban J connectivity index is 2.32. The van der Waals surface area contributed by atoms with Gasteiger partial charge in [-0.2, -0.15) is 11.8 Å². The third kappa shape index (κ3) is 1.77. The fourth-order valence-corrected chi connectivity index (χ4v) is 3.45. The van der Waals surface area contributed by atoms with Crippen LogP contribution < -0.4 is 11.2 Å². The van der Waals surface area contributed by atoms with Gasteiger partial charge in [0, 0.05) is 5.75 Å². The lowest BCUT2D eigenvalue weighted by Gasteiger charge is -2.12. The second-order valence-corrected chi connectivity index (χ2v) is 5.46. The van der Waals surface area contributed by atoms with Crippen LogP contribution >= 0.6 is 11.8 Å². The molecule has 1 atom stereocenters. The predicted molar refractivity (Wildman–Crippen MR) is 69.8 cm³/mol. The van der Waals surface area contributed by atoms with Crippen LogP contribution in [-0.2, 0) is 0 Å². The Morgan fingerprint density at radius 3 is 2.94 bits per heavy atom. The number of halogens is 1. The number of benzene rings is 1. The van der Waals surface area contributed by atoms with Crippen molar-refractivity contribution in [3.8, 4) is 0 Å². The second kappa shape index (κ2) is 4.28. The lowest BCUT2D eigenvalue weighted by Crippen LogP contribution is -2.38. The molecule has 3 rings (SSSR count). The fraction of sp³-hybridized carbons (Fsp3) is 0.333. The van der Waals surface area contributed by atoms with Gasteiger partial charge in [-0.1, -0.05) is 0 Å². The van der Waals surface area contributed by atoms with Gasteiger partial charge < -0.3 is 4.98 Å². The molecule has 0 saturated carbocycles. The Morgan fingerprint density at radius 2 is 2.22 bits per heavy atom. The molecule has 94 valence electrons. The normalized spacial score (nSPS) is 19.5. The van der Waals surface area contributed by atoms with Crippen LogP contribution in [0.3, 0.4) is 0 Å². The largest absolute Gasteiger partial charge is 0.329 e. The molecule has 0 spiro atoms. The maximum Gasteiger partial charge on any atom is 0.329 e. The van der Waals surface area contributed by atoms with E-state index < -0.39 is 17.1 Å². The molecular weight excluding hydrogens is 255 g/mol. The quantitative estimate of drug-likeness (QED) is 0.851. The molecule has 2 aromatic rings. The molecule has 18 heavy (non-hydrogen) atoms. The highest BCUT2D eigenvalue weighted by Gasteiger charge is 2.21. The summed E-state index contributed by atoms with van der Waals surface area (Å²) in [7, 11) is 0. The van der Waals surface area contributed by atoms with Crippen molar-refractivity contribution >= 4 is 22.7 Å². The van der Waals surface area contributed by atoms with Crippen molar-refractivity contribution in [1.82, 2.24) is 9.55 Å². The van der Waals surface area contributed by atoms with Crippen LogP contribution in [0.25, 0.3) is 10.9 Å². The molecule has 2 heterocycles. The van der Waals surface area contributed by atoms with Gasteiger partial charge in [0.1, 0.15) is 5.82 Å². The zero-order chi connectivity index (χ0) is 12.7. The average molecular weight is 266 g/mol. The van der Waals surface area contributed by atoms with Crippen molar-refractivity contribution in [3.05, 3.63) is 44.9 Å². The number of hydrogen-bond donors (Lipinski definition) is 1. The summed E-state index contributed by atoms with van der Waals surface area (Å²) in [6, 6.07) is 3.74. The van der Waals surface area contributed by atoms with E-state index in [2.05, 4.69) is 4.98 Å². The minimum atomic E-state index is -0.473. The van der Waals surface area contributed by atoms with Crippen molar-refractivity contribution in [2.45, 2.75) is 12.5 Å². The standard InChI is InChI=1S/C12H11FN2O2S/c13-7-1-2-10-9(5-7)11(16)15(12(17)14-10)8-3-4-18-6-8/h1-2,5,8H,3-4,6H2,(H,14,17). The minimum absolute atomic E-state index is 0.0843. The summed E-state index contributed by atoms with van der Waals surface area (Å²) in [6.45, 7) is 0. The van der Waals surface area contributed by atoms with E-state index in [-0.39, 0.29) is 11.4 Å². The summed E-state index contributed by atoms with van der Waals surface area (Å²) in [5.74, 6) is 1.22. The van der Waals surface area contributed by atoms with E-state index in [1.807, 2.05) is 0 Å². The molecule has 0 radical (unpaired) electrons. The summed E-state index contributed by atoms with van der Waals surface area (Å²) >= 11 is 1.72. The Labute approximate surface area is 106 Å². The zero-order valence-electron chi connectivity index (χ0n) is 9.48. The highest BCUT2D eigenvalue weighted by Crippen LogP contribution is 2.25. The van der Waals surface area contributed by atoms with E-state index in [9.17, 15) is 14.0 Å². The maximum atomic E-state index is 13.2. The molecule has 1 aromatic carbocycles. The van der Waals surface area contributed by atoms with Gasteiger partial charge in [-0.05, 0) is 30.4 Å². The predicted octanol–water partition coefficient (Wildman–Crippen LogP) is 1.51. The summed E-state index contributed by atoms with van der Waals surface area (Å²) < 4.78 is 14.4. The van der Waals surface area contributed by atoms with Gasteiger partial charge >= 0.3 is 5.69 Å². The Hall–Kier alpha value is -1.56. The fourth-order valence-electron chi connectivity index (χ4n) is 2.26. The van der Waals surface area contributed by atoms with Crippen molar-refractivity contribution in [2.75, 3.05) is 11.5 Å². The Bertz CT molecular complexity index is 716. The van der Waals surface area contributed by atoms with Crippen LogP contribution in [0.15, 0.2) is 27.8 Å². The second-order valence-electron chi connectivity index (χ2n) is 4.31. The van der Waals surface area contributed by atoms with Crippen LogP contribution in [-0.4, -0.2) is 21.1 Å². The summed E-state index contributed by atoms with van der Waals surface area (Å²) in [5, 5.41) is 0.228. The van der Waals surface area contributed by atoms with E-state index in [0.29, 0.717) is 5.52 Å². The minimum Gasteiger partial charge on any atom is -0.307 e. The third-order valence-electron chi connectivity index (χ3n) is 3.16. The zero-order valence-corrected chi connectivity index (χ0v) is 10.3. The maximum absolute atomic E-state index is 13.2. The molecule has 1 fully saturated rings. The van der Waals surface area contributed by atoms with Crippen molar-refractivity contribution in [3.63, 3.8) is 0 Å². The lowest BCUT2D eigenvalue weighted by atomic mass is 10.2. The van der Waals surface area contributed by atoms with Gasteiger partial charge in [-0.25, -0.2) is 9.18 Å². The molecular formula is C12H11FN2O2S. The molecule has 1 saturated heterocycles. The van der Waals surface area contributed by atoms with E-state index in [1.54, 1.807) is 11.8 Å². The summed E-state index contributed by atoms with van der Waals surface area (Å²) in [5.41, 5.74) is -0.430. The molecule has 0 bridgehead atoms. The van der Waals surface area contributed by atoms with E-state index in [4.69, 9.17) is 0 Å². The number of nitrogens with zero attached hydrogens (tertiary/aromatic N) is 1. The highest BCUT2D eigenvalue weighted by atomic mass is 32.2. The number of thioether (sulfide) groups is 1. The molecule has 0 aliphatic carbocycles. The average Bonchev–Trinajstić information content (AvgIpc) is 2.84. The summed E-state index contributed by atoms with van der Waals surface area (Å²) in [4.78, 5) is 26.8. The molecule has 1 N–H and O–H groups in total. The first-order valence-electron chi connectivity index (χ1n) is 5.68. The first-order valence-corrected chi connectivity index (χ1v) is 6.84. The number of aromatic nitrogens is 2. The summed E-state index contributed by atoms with van der Waals surface area (Å²) in [6.07, 6.45) is 0.800. The Morgan fingerprint density at radius 1 is 1.39 bits per heavy atom. The van der Waals surface area contributed by atoms with E-state index in [1.165, 1.54) is 22.8 Å². The van der Waals surface area contributed by atoms with Gasteiger partial charge in [0.25, 0.3) is 5.56 Å². The number of rotatable bonds is 1.